The van der Waals surface area contributed by atoms with Crippen LogP contribution in [0.4, 0.5) is 39.5 Å². The molecule has 1 aliphatic carbocycles. The van der Waals surface area contributed by atoms with Gasteiger partial charge in [0.05, 0.1) is 18.4 Å². The van der Waals surface area contributed by atoms with Crippen molar-refractivity contribution in [1.29, 1.82) is 5.26 Å². The number of halogens is 9. The molecule has 0 radical (unpaired) electrons. The Morgan fingerprint density at radius 1 is 1.00 bits per heavy atom. The third-order valence-electron chi connectivity index (χ3n) is 5.02. The Balaban J connectivity index is 2.67. The van der Waals surface area contributed by atoms with Crippen LogP contribution in [0.15, 0.2) is 0 Å². The van der Waals surface area contributed by atoms with Crippen molar-refractivity contribution in [2.45, 2.75) is 67.3 Å². The number of alkyl halides is 9. The van der Waals surface area contributed by atoms with Gasteiger partial charge in [-0.2, -0.15) is 49.8 Å². The van der Waals surface area contributed by atoms with Gasteiger partial charge >= 0.3 is 23.9 Å². The van der Waals surface area contributed by atoms with Crippen LogP contribution in [0, 0.1) is 17.2 Å². The minimum Gasteiger partial charge on any atom is -0.302 e. The largest absolute Gasteiger partial charge is 0.460 e. The SMILES string of the molecule is CON(C)C1CCC(C(C#N)SCCC(F)(F)C(F)(F)C(F)(F)C(F)(F)F)CC1. The maximum Gasteiger partial charge on any atom is 0.460 e. The third kappa shape index (κ3) is 5.64. The molecule has 0 aliphatic heterocycles. The number of nitriles is 1. The second-order valence-corrected chi connectivity index (χ2v) is 8.07. The second-order valence-electron chi connectivity index (χ2n) is 6.82. The molecule has 170 valence electrons. The van der Waals surface area contributed by atoms with E-state index in [9.17, 15) is 44.8 Å². The summed E-state index contributed by atoms with van der Waals surface area (Å²) in [5.74, 6) is -20.2. The number of hydroxylamine groups is 2. The highest BCUT2D eigenvalue weighted by Gasteiger charge is 2.81. The third-order valence-corrected chi connectivity index (χ3v) is 6.31. The molecule has 0 aromatic heterocycles. The van der Waals surface area contributed by atoms with E-state index in [0.29, 0.717) is 37.4 Å². The minimum atomic E-state index is -6.88. The van der Waals surface area contributed by atoms with Crippen LogP contribution >= 0.6 is 11.8 Å². The Bertz CT molecular complexity index is 572. The smallest absolute Gasteiger partial charge is 0.302 e. The molecule has 0 amide bonds. The lowest BCUT2D eigenvalue weighted by Crippen LogP contribution is -2.60. The number of hydrogen-bond donors (Lipinski definition) is 0. The van der Waals surface area contributed by atoms with Crippen molar-refractivity contribution < 1.29 is 44.4 Å². The van der Waals surface area contributed by atoms with Gasteiger partial charge in [0.2, 0.25) is 0 Å². The average molecular weight is 460 g/mol. The lowest BCUT2D eigenvalue weighted by Gasteiger charge is -2.35. The molecule has 1 saturated carbocycles. The van der Waals surface area contributed by atoms with E-state index in [2.05, 4.69) is 0 Å². The fourth-order valence-electron chi connectivity index (χ4n) is 3.07. The van der Waals surface area contributed by atoms with Crippen LogP contribution in [0.2, 0.25) is 0 Å². The predicted molar refractivity (Wildman–Crippen MR) is 87.9 cm³/mol. The van der Waals surface area contributed by atoms with E-state index in [1.54, 1.807) is 12.1 Å². The molecule has 1 unspecified atom stereocenters. The summed E-state index contributed by atoms with van der Waals surface area (Å²) in [7, 11) is 3.21. The topological polar surface area (TPSA) is 36.3 Å². The molecule has 0 heterocycles. The fraction of sp³-hybridized carbons (Fsp3) is 0.938. The van der Waals surface area contributed by atoms with E-state index >= 15 is 0 Å². The normalized spacial score (nSPS) is 23.1. The van der Waals surface area contributed by atoms with Crippen molar-refractivity contribution >= 4 is 11.8 Å². The summed E-state index contributed by atoms with van der Waals surface area (Å²) in [4.78, 5) is 5.06. The fourth-order valence-corrected chi connectivity index (χ4v) is 4.32. The first kappa shape index (κ1) is 26.2. The van der Waals surface area contributed by atoms with Crippen molar-refractivity contribution in [1.82, 2.24) is 5.06 Å². The van der Waals surface area contributed by atoms with Crippen LogP contribution in [-0.4, -0.2) is 60.2 Å². The van der Waals surface area contributed by atoms with E-state index in [0.717, 1.165) is 0 Å². The summed E-state index contributed by atoms with van der Waals surface area (Å²) in [6.07, 6.45) is -6.41. The van der Waals surface area contributed by atoms with Gasteiger partial charge in [-0.25, -0.2) is 0 Å². The Kier molecular flexibility index (Phi) is 8.58. The first-order valence-corrected chi connectivity index (χ1v) is 9.65. The molecule has 0 aromatic carbocycles. The molecule has 1 atom stereocenters. The molecule has 1 rings (SSSR count). The van der Waals surface area contributed by atoms with Crippen molar-refractivity contribution in [2.24, 2.45) is 5.92 Å². The molecule has 29 heavy (non-hydrogen) atoms. The van der Waals surface area contributed by atoms with E-state index < -0.39 is 41.4 Å². The van der Waals surface area contributed by atoms with E-state index in [-0.39, 0.29) is 12.0 Å². The van der Waals surface area contributed by atoms with Gasteiger partial charge in [0, 0.05) is 25.3 Å². The first-order valence-electron chi connectivity index (χ1n) is 8.60. The molecule has 1 aliphatic rings. The predicted octanol–water partition coefficient (Wildman–Crippen LogP) is 5.52. The van der Waals surface area contributed by atoms with Gasteiger partial charge in [0.25, 0.3) is 0 Å². The van der Waals surface area contributed by atoms with Gasteiger partial charge < -0.3 is 4.84 Å². The number of hydrogen-bond acceptors (Lipinski definition) is 4. The maximum absolute atomic E-state index is 13.6. The Labute approximate surface area is 166 Å². The minimum absolute atomic E-state index is 0.0909. The van der Waals surface area contributed by atoms with Crippen molar-refractivity contribution in [2.75, 3.05) is 19.9 Å². The zero-order valence-electron chi connectivity index (χ0n) is 15.6. The summed E-state index contributed by atoms with van der Waals surface area (Å²) in [6, 6.07) is 1.96. The van der Waals surface area contributed by atoms with Crippen LogP contribution in [0.5, 0.6) is 0 Å². The molecule has 0 bridgehead atoms. The van der Waals surface area contributed by atoms with Crippen molar-refractivity contribution in [3.8, 4) is 6.07 Å². The van der Waals surface area contributed by atoms with Crippen LogP contribution in [0.1, 0.15) is 32.1 Å². The summed E-state index contributed by atoms with van der Waals surface area (Å²) in [5.41, 5.74) is 0. The molecule has 3 nitrogen and oxygen atoms in total. The highest BCUT2D eigenvalue weighted by atomic mass is 32.2. The van der Waals surface area contributed by atoms with E-state index in [1.807, 2.05) is 6.07 Å². The summed E-state index contributed by atoms with van der Waals surface area (Å²) in [5, 5.41) is 9.98. The molecule has 0 aromatic rings. The van der Waals surface area contributed by atoms with Crippen LogP contribution in [-0.2, 0) is 4.84 Å². The monoisotopic (exact) mass is 460 g/mol. The van der Waals surface area contributed by atoms with Crippen LogP contribution in [0.3, 0.4) is 0 Å². The van der Waals surface area contributed by atoms with Gasteiger partial charge in [0.15, 0.2) is 0 Å². The van der Waals surface area contributed by atoms with Gasteiger partial charge in [-0.3, -0.25) is 0 Å². The quantitative estimate of drug-likeness (QED) is 0.335. The van der Waals surface area contributed by atoms with Gasteiger partial charge in [-0.05, 0) is 31.6 Å². The maximum atomic E-state index is 13.6. The average Bonchev–Trinajstić information content (AvgIpc) is 2.63. The van der Waals surface area contributed by atoms with Crippen molar-refractivity contribution in [3.63, 3.8) is 0 Å². The highest BCUT2D eigenvalue weighted by molar-refractivity contribution is 8.00. The van der Waals surface area contributed by atoms with Crippen LogP contribution in [0.25, 0.3) is 0 Å². The molecule has 13 heteroatoms. The standard InChI is InChI=1S/C16H21F9N2OS/c1-27(28-2)11-5-3-10(4-6-11)12(9-26)29-8-7-13(17,18)14(19,20)15(21,22)16(23,24)25/h10-12H,3-8H2,1-2H3. The van der Waals surface area contributed by atoms with E-state index in [1.165, 1.54) is 7.11 Å². The summed E-state index contributed by atoms with van der Waals surface area (Å²) < 4.78 is 116. The summed E-state index contributed by atoms with van der Waals surface area (Å²) >= 11 is 0.559. The molecule has 0 saturated heterocycles. The Morgan fingerprint density at radius 2 is 1.52 bits per heavy atom. The van der Waals surface area contributed by atoms with E-state index in [4.69, 9.17) is 4.84 Å². The second kappa shape index (κ2) is 9.51. The molecule has 0 spiro atoms. The van der Waals surface area contributed by atoms with Gasteiger partial charge in [-0.15, -0.1) is 11.8 Å². The zero-order valence-corrected chi connectivity index (χ0v) is 16.4. The number of nitrogens with zero attached hydrogens (tertiary/aromatic N) is 2. The zero-order chi connectivity index (χ0) is 22.7. The molecular weight excluding hydrogens is 439 g/mol. The van der Waals surface area contributed by atoms with Crippen LogP contribution < -0.4 is 0 Å². The van der Waals surface area contributed by atoms with Gasteiger partial charge in [0.1, 0.15) is 0 Å². The summed E-state index contributed by atoms with van der Waals surface area (Å²) in [6.45, 7) is 0. The Morgan fingerprint density at radius 3 is 1.93 bits per heavy atom. The highest BCUT2D eigenvalue weighted by Crippen LogP contribution is 2.54. The number of rotatable bonds is 9. The Hall–Kier alpha value is -0.870. The molecule has 1 fully saturated rings. The number of thioether (sulfide) groups is 1. The lowest BCUT2D eigenvalue weighted by molar-refractivity contribution is -0.396. The molecule has 0 N–H and O–H groups in total. The first-order chi connectivity index (χ1) is 13.1. The van der Waals surface area contributed by atoms with Gasteiger partial charge in [-0.1, -0.05) is 0 Å². The van der Waals surface area contributed by atoms with Crippen molar-refractivity contribution in [3.05, 3.63) is 0 Å². The lowest BCUT2D eigenvalue weighted by atomic mass is 9.84. The molecular formula is C16H21F9N2OS.